The summed E-state index contributed by atoms with van der Waals surface area (Å²) in [6, 6.07) is 7.67. The van der Waals surface area contributed by atoms with Crippen LogP contribution in [0.5, 0.6) is 5.75 Å². The fourth-order valence-corrected chi connectivity index (χ4v) is 3.24. The van der Waals surface area contributed by atoms with E-state index in [0.29, 0.717) is 11.5 Å². The molecule has 22 heavy (non-hydrogen) atoms. The van der Waals surface area contributed by atoms with Gasteiger partial charge in [0.1, 0.15) is 17.6 Å². The fourth-order valence-electron chi connectivity index (χ4n) is 1.86. The first-order valence-electron chi connectivity index (χ1n) is 6.37. The summed E-state index contributed by atoms with van der Waals surface area (Å²) in [6.07, 6.45) is 0.984. The third kappa shape index (κ3) is 3.80. The van der Waals surface area contributed by atoms with Crippen molar-refractivity contribution in [3.8, 4) is 5.75 Å². The molecule has 0 bridgehead atoms. The number of benzene rings is 1. The molecule has 0 aliphatic rings. The minimum absolute atomic E-state index is 0.0377. The molecule has 1 N–H and O–H groups in total. The first-order chi connectivity index (χ1) is 10.5. The molecule has 0 radical (unpaired) electrons. The van der Waals surface area contributed by atoms with Crippen molar-refractivity contribution in [1.82, 2.24) is 4.72 Å². The molecule has 0 unspecified atom stereocenters. The van der Waals surface area contributed by atoms with Gasteiger partial charge in [-0.05, 0) is 30.3 Å². The molecule has 1 heterocycles. The Morgan fingerprint density at radius 3 is 2.64 bits per heavy atom. The van der Waals surface area contributed by atoms with Crippen LogP contribution in [0, 0.1) is 0 Å². The minimum Gasteiger partial charge on any atom is -0.495 e. The maximum atomic E-state index is 12.3. The average Bonchev–Trinajstić information content (AvgIpc) is 3.02. The lowest BCUT2D eigenvalue weighted by Gasteiger charge is -2.14. The van der Waals surface area contributed by atoms with Crippen LogP contribution in [0.2, 0.25) is 5.02 Å². The SMILES string of the molecule is COc1ccc(S(=O)(=O)NC[C@H](OC)c2ccco2)cc1Cl. The lowest BCUT2D eigenvalue weighted by molar-refractivity contribution is 0.0878. The van der Waals surface area contributed by atoms with Gasteiger partial charge in [-0.1, -0.05) is 11.6 Å². The number of nitrogens with one attached hydrogen (secondary N) is 1. The van der Waals surface area contributed by atoms with Gasteiger partial charge in [0.05, 0.1) is 23.3 Å². The van der Waals surface area contributed by atoms with Crippen molar-refractivity contribution in [3.63, 3.8) is 0 Å². The van der Waals surface area contributed by atoms with Crippen molar-refractivity contribution >= 4 is 21.6 Å². The number of furan rings is 1. The van der Waals surface area contributed by atoms with Crippen LogP contribution in [0.25, 0.3) is 0 Å². The van der Waals surface area contributed by atoms with Crippen molar-refractivity contribution in [2.75, 3.05) is 20.8 Å². The van der Waals surface area contributed by atoms with Crippen LogP contribution in [0.3, 0.4) is 0 Å². The molecule has 120 valence electrons. The molecule has 8 heteroatoms. The summed E-state index contributed by atoms with van der Waals surface area (Å²) in [5.74, 6) is 0.948. The van der Waals surface area contributed by atoms with E-state index < -0.39 is 16.1 Å². The fraction of sp³-hybridized carbons (Fsp3) is 0.286. The van der Waals surface area contributed by atoms with Gasteiger partial charge in [-0.15, -0.1) is 0 Å². The van der Waals surface area contributed by atoms with Gasteiger partial charge >= 0.3 is 0 Å². The minimum atomic E-state index is -3.72. The van der Waals surface area contributed by atoms with Gasteiger partial charge in [0.25, 0.3) is 0 Å². The number of halogens is 1. The predicted octanol–water partition coefficient (Wildman–Crippen LogP) is 2.61. The van der Waals surface area contributed by atoms with Gasteiger partial charge in [-0.2, -0.15) is 0 Å². The zero-order valence-corrected chi connectivity index (χ0v) is 13.6. The standard InChI is InChI=1S/C14H16ClNO5S/c1-19-12-6-5-10(8-11(12)15)22(17,18)16-9-14(20-2)13-4-3-7-21-13/h3-8,14,16H,9H2,1-2H3/t14-/m0/s1. The molecule has 1 atom stereocenters. The van der Waals surface area contributed by atoms with Gasteiger partial charge in [0, 0.05) is 13.7 Å². The highest BCUT2D eigenvalue weighted by molar-refractivity contribution is 7.89. The monoisotopic (exact) mass is 345 g/mol. The second kappa shape index (κ2) is 7.15. The van der Waals surface area contributed by atoms with E-state index in [1.807, 2.05) is 0 Å². The summed E-state index contributed by atoms with van der Waals surface area (Å²) in [4.78, 5) is 0.0487. The molecule has 1 aromatic carbocycles. The summed E-state index contributed by atoms with van der Waals surface area (Å²) in [5, 5.41) is 0.222. The molecule has 2 aromatic rings. The van der Waals surface area contributed by atoms with E-state index in [4.69, 9.17) is 25.5 Å². The number of sulfonamides is 1. The van der Waals surface area contributed by atoms with E-state index in [1.54, 1.807) is 12.1 Å². The van der Waals surface area contributed by atoms with E-state index in [-0.39, 0.29) is 16.5 Å². The second-order valence-corrected chi connectivity index (χ2v) is 6.56. The second-order valence-electron chi connectivity index (χ2n) is 4.39. The Bertz CT molecular complexity index is 715. The largest absolute Gasteiger partial charge is 0.495 e. The summed E-state index contributed by atoms with van der Waals surface area (Å²) >= 11 is 5.95. The van der Waals surface area contributed by atoms with Crippen molar-refractivity contribution in [2.24, 2.45) is 0 Å². The first kappa shape index (κ1) is 16.8. The highest BCUT2D eigenvalue weighted by Crippen LogP contribution is 2.27. The van der Waals surface area contributed by atoms with Crippen LogP contribution in [0.1, 0.15) is 11.9 Å². The highest BCUT2D eigenvalue weighted by Gasteiger charge is 2.20. The molecule has 0 saturated carbocycles. The maximum absolute atomic E-state index is 12.3. The van der Waals surface area contributed by atoms with E-state index in [9.17, 15) is 8.42 Å². The number of ether oxygens (including phenoxy) is 2. The first-order valence-corrected chi connectivity index (χ1v) is 8.23. The van der Waals surface area contributed by atoms with E-state index >= 15 is 0 Å². The van der Waals surface area contributed by atoms with Crippen molar-refractivity contribution in [1.29, 1.82) is 0 Å². The van der Waals surface area contributed by atoms with Gasteiger partial charge < -0.3 is 13.9 Å². The Kier molecular flexibility index (Phi) is 5.47. The van der Waals surface area contributed by atoms with Crippen LogP contribution in [0.15, 0.2) is 45.9 Å². The molecule has 0 aliphatic carbocycles. The lowest BCUT2D eigenvalue weighted by Crippen LogP contribution is -2.29. The summed E-state index contributed by atoms with van der Waals surface area (Å²) in [7, 11) is -0.779. The molecule has 0 aliphatic heterocycles. The van der Waals surface area contributed by atoms with Crippen LogP contribution in [-0.4, -0.2) is 29.2 Å². The third-order valence-corrected chi connectivity index (χ3v) is 4.75. The number of hydrogen-bond donors (Lipinski definition) is 1. The van der Waals surface area contributed by atoms with Gasteiger partial charge in [0.15, 0.2) is 0 Å². The molecule has 0 amide bonds. The smallest absolute Gasteiger partial charge is 0.240 e. The Hall–Kier alpha value is -1.54. The molecule has 6 nitrogen and oxygen atoms in total. The lowest BCUT2D eigenvalue weighted by atomic mass is 10.3. The van der Waals surface area contributed by atoms with Crippen molar-refractivity contribution < 1.29 is 22.3 Å². The number of methoxy groups -OCH3 is 2. The molecule has 2 rings (SSSR count). The number of rotatable bonds is 7. The quantitative estimate of drug-likeness (QED) is 0.834. The summed E-state index contributed by atoms with van der Waals surface area (Å²) < 4.78 is 42.4. The van der Waals surface area contributed by atoms with Crippen LogP contribution < -0.4 is 9.46 Å². The van der Waals surface area contributed by atoms with Crippen molar-refractivity contribution in [2.45, 2.75) is 11.0 Å². The van der Waals surface area contributed by atoms with Gasteiger partial charge in [0.2, 0.25) is 10.0 Å². The zero-order chi connectivity index (χ0) is 16.2. The van der Waals surface area contributed by atoms with Gasteiger partial charge in [-0.25, -0.2) is 13.1 Å². The molecule has 0 saturated heterocycles. The third-order valence-electron chi connectivity index (χ3n) is 3.04. The average molecular weight is 346 g/mol. The molecule has 0 spiro atoms. The molecular formula is C14H16ClNO5S. The van der Waals surface area contributed by atoms with Crippen LogP contribution in [0.4, 0.5) is 0 Å². The zero-order valence-electron chi connectivity index (χ0n) is 12.1. The Morgan fingerprint density at radius 1 is 1.32 bits per heavy atom. The molecule has 1 aromatic heterocycles. The van der Waals surface area contributed by atoms with Gasteiger partial charge in [-0.3, -0.25) is 0 Å². The molecular weight excluding hydrogens is 330 g/mol. The number of hydrogen-bond acceptors (Lipinski definition) is 5. The Balaban J connectivity index is 2.12. The maximum Gasteiger partial charge on any atom is 0.240 e. The van der Waals surface area contributed by atoms with Crippen LogP contribution >= 0.6 is 11.6 Å². The van der Waals surface area contributed by atoms with Crippen LogP contribution in [-0.2, 0) is 14.8 Å². The summed E-state index contributed by atoms with van der Waals surface area (Å²) in [6.45, 7) is 0.0377. The highest BCUT2D eigenvalue weighted by atomic mass is 35.5. The van der Waals surface area contributed by atoms with Crippen molar-refractivity contribution in [3.05, 3.63) is 47.4 Å². The Labute approximate surface area is 134 Å². The van der Waals surface area contributed by atoms with E-state index in [1.165, 1.54) is 38.7 Å². The molecule has 0 fully saturated rings. The predicted molar refractivity (Wildman–Crippen MR) is 81.7 cm³/mol. The summed E-state index contributed by atoms with van der Waals surface area (Å²) in [5.41, 5.74) is 0. The Morgan fingerprint density at radius 2 is 2.09 bits per heavy atom. The van der Waals surface area contributed by atoms with E-state index in [0.717, 1.165) is 0 Å². The van der Waals surface area contributed by atoms with E-state index in [2.05, 4.69) is 4.72 Å². The normalized spacial score (nSPS) is 13.0. The topological polar surface area (TPSA) is 77.8 Å².